The third-order valence-electron chi connectivity index (χ3n) is 1.84. The fourth-order valence-electron chi connectivity index (χ4n) is 1.09. The van der Waals surface area contributed by atoms with E-state index in [1.54, 1.807) is 0 Å². The minimum atomic E-state index is -0.534. The van der Waals surface area contributed by atoms with Crippen LogP contribution < -0.4 is 0 Å². The van der Waals surface area contributed by atoms with Crippen molar-refractivity contribution >= 4 is 16.8 Å². The molecule has 0 aromatic heterocycles. The molecule has 0 N–H and O–H groups in total. The van der Waals surface area contributed by atoms with E-state index in [4.69, 9.17) is 16.5 Å². The van der Waals surface area contributed by atoms with Crippen LogP contribution in [0, 0.1) is 0 Å². The molecule has 0 saturated carbocycles. The summed E-state index contributed by atoms with van der Waals surface area (Å²) >= 11 is 5.03. The summed E-state index contributed by atoms with van der Waals surface area (Å²) in [4.78, 5) is 19.5. The molecule has 0 heterocycles. The molecular weight excluding hydrogens is 204 g/mol. The van der Waals surface area contributed by atoms with Gasteiger partial charge in [0.15, 0.2) is 6.61 Å². The normalized spacial score (nSPS) is 10.4. The number of rotatable bonds is 10. The lowest BCUT2D eigenvalue weighted by Gasteiger charge is -2.01. The van der Waals surface area contributed by atoms with Gasteiger partial charge in [0.1, 0.15) is 0 Å². The van der Waals surface area contributed by atoms with Crippen LogP contribution in [0.15, 0.2) is 0 Å². The smallest absolute Gasteiger partial charge is 0.250 e. The van der Waals surface area contributed by atoms with E-state index in [9.17, 15) is 4.79 Å². The average molecular weight is 223 g/mol. The van der Waals surface area contributed by atoms with Gasteiger partial charge in [0.25, 0.3) is 5.24 Å². The molecule has 0 aromatic rings. The van der Waals surface area contributed by atoms with Crippen LogP contribution >= 0.6 is 11.6 Å². The van der Waals surface area contributed by atoms with E-state index >= 15 is 0 Å². The van der Waals surface area contributed by atoms with Crippen LogP contribution in [-0.2, 0) is 14.6 Å². The van der Waals surface area contributed by atoms with Gasteiger partial charge < -0.3 is 0 Å². The largest absolute Gasteiger partial charge is 0.279 e. The second-order valence-electron chi connectivity index (χ2n) is 3.21. The molecular formula is C10H19ClO3. The zero-order valence-electron chi connectivity index (χ0n) is 8.76. The minimum Gasteiger partial charge on any atom is -0.279 e. The van der Waals surface area contributed by atoms with Gasteiger partial charge in [0.05, 0.1) is 6.61 Å². The van der Waals surface area contributed by atoms with E-state index in [1.165, 1.54) is 25.7 Å². The highest BCUT2D eigenvalue weighted by Gasteiger charge is 1.96. The third kappa shape index (κ3) is 11.9. The molecule has 3 nitrogen and oxygen atoms in total. The zero-order valence-corrected chi connectivity index (χ0v) is 9.52. The molecule has 14 heavy (non-hydrogen) atoms. The Morgan fingerprint density at radius 3 is 2.36 bits per heavy atom. The summed E-state index contributed by atoms with van der Waals surface area (Å²) in [5.74, 6) is 0. The average Bonchev–Trinajstić information content (AvgIpc) is 2.15. The SMILES string of the molecule is CCCCCCCCOOCC(=O)Cl. The maximum atomic E-state index is 10.2. The molecule has 0 aliphatic heterocycles. The standard InChI is InChI=1S/C10H19ClO3/c1-2-3-4-5-6-7-8-13-14-9-10(11)12/h2-9H2,1H3. The summed E-state index contributed by atoms with van der Waals surface area (Å²) in [7, 11) is 0. The topological polar surface area (TPSA) is 35.5 Å². The first-order valence-electron chi connectivity index (χ1n) is 5.20. The van der Waals surface area contributed by atoms with Gasteiger partial charge in [-0.1, -0.05) is 39.0 Å². The minimum absolute atomic E-state index is 0.169. The van der Waals surface area contributed by atoms with Crippen molar-refractivity contribution in [3.8, 4) is 0 Å². The van der Waals surface area contributed by atoms with Crippen LogP contribution in [0.1, 0.15) is 45.4 Å². The van der Waals surface area contributed by atoms with E-state index in [-0.39, 0.29) is 6.61 Å². The number of hydrogen-bond donors (Lipinski definition) is 0. The second-order valence-corrected chi connectivity index (χ2v) is 3.63. The summed E-state index contributed by atoms with van der Waals surface area (Å²) in [5, 5.41) is -0.534. The van der Waals surface area contributed by atoms with Crippen molar-refractivity contribution in [2.24, 2.45) is 0 Å². The molecule has 0 saturated heterocycles. The first-order chi connectivity index (χ1) is 6.77. The molecule has 0 bridgehead atoms. The van der Waals surface area contributed by atoms with Gasteiger partial charge in [-0.15, -0.1) is 0 Å². The fourth-order valence-corrected chi connectivity index (χ4v) is 1.13. The molecule has 0 fully saturated rings. The van der Waals surface area contributed by atoms with Crippen molar-refractivity contribution in [1.29, 1.82) is 0 Å². The summed E-state index contributed by atoms with van der Waals surface area (Å²) < 4.78 is 0. The first kappa shape index (κ1) is 13.9. The highest BCUT2D eigenvalue weighted by molar-refractivity contribution is 6.63. The predicted octanol–water partition coefficient (Wildman–Crippen LogP) is 3.06. The van der Waals surface area contributed by atoms with Crippen molar-refractivity contribution in [2.45, 2.75) is 45.4 Å². The maximum Gasteiger partial charge on any atom is 0.250 e. The van der Waals surface area contributed by atoms with Gasteiger partial charge in [-0.25, -0.2) is 9.78 Å². The van der Waals surface area contributed by atoms with Crippen LogP contribution in [0.5, 0.6) is 0 Å². The van der Waals surface area contributed by atoms with Crippen LogP contribution in [0.4, 0.5) is 0 Å². The number of hydrogen-bond acceptors (Lipinski definition) is 3. The van der Waals surface area contributed by atoms with Crippen molar-refractivity contribution < 1.29 is 14.6 Å². The van der Waals surface area contributed by atoms with Gasteiger partial charge in [0, 0.05) is 0 Å². The molecule has 0 radical (unpaired) electrons. The Morgan fingerprint density at radius 2 is 1.71 bits per heavy atom. The number of unbranched alkanes of at least 4 members (excludes halogenated alkanes) is 5. The number of carbonyl (C=O) groups is 1. The molecule has 0 aliphatic carbocycles. The lowest BCUT2D eigenvalue weighted by atomic mass is 10.1. The van der Waals surface area contributed by atoms with E-state index in [0.717, 1.165) is 12.8 Å². The van der Waals surface area contributed by atoms with Gasteiger partial charge >= 0.3 is 0 Å². The van der Waals surface area contributed by atoms with E-state index in [0.29, 0.717) is 6.61 Å². The molecule has 0 spiro atoms. The third-order valence-corrected chi connectivity index (χ3v) is 1.95. The molecule has 0 aromatic carbocycles. The van der Waals surface area contributed by atoms with Crippen LogP contribution in [0.3, 0.4) is 0 Å². The molecule has 4 heteroatoms. The van der Waals surface area contributed by atoms with Crippen LogP contribution in [0.25, 0.3) is 0 Å². The summed E-state index contributed by atoms with van der Waals surface area (Å²) in [6.45, 7) is 2.56. The van der Waals surface area contributed by atoms with Crippen LogP contribution in [0.2, 0.25) is 0 Å². The highest BCUT2D eigenvalue weighted by atomic mass is 35.5. The quantitative estimate of drug-likeness (QED) is 0.247. The van der Waals surface area contributed by atoms with E-state index < -0.39 is 5.24 Å². The Bertz CT molecular complexity index is 139. The molecule has 0 aliphatic rings. The van der Waals surface area contributed by atoms with E-state index in [1.807, 2.05) is 0 Å². The predicted molar refractivity (Wildman–Crippen MR) is 56.1 cm³/mol. The van der Waals surface area contributed by atoms with Crippen molar-refractivity contribution in [1.82, 2.24) is 0 Å². The lowest BCUT2D eigenvalue weighted by molar-refractivity contribution is -0.287. The van der Waals surface area contributed by atoms with Crippen molar-refractivity contribution in [2.75, 3.05) is 13.2 Å². The Morgan fingerprint density at radius 1 is 1.07 bits per heavy atom. The summed E-state index contributed by atoms with van der Waals surface area (Å²) in [5.41, 5.74) is 0. The Balaban J connectivity index is 2.88. The number of carbonyl (C=O) groups excluding carboxylic acids is 1. The van der Waals surface area contributed by atoms with Gasteiger partial charge in [-0.2, -0.15) is 0 Å². The van der Waals surface area contributed by atoms with Crippen molar-refractivity contribution in [3.63, 3.8) is 0 Å². The maximum absolute atomic E-state index is 10.2. The fraction of sp³-hybridized carbons (Fsp3) is 0.900. The molecule has 0 rings (SSSR count). The first-order valence-corrected chi connectivity index (χ1v) is 5.58. The molecule has 0 unspecified atom stereocenters. The zero-order chi connectivity index (χ0) is 10.6. The Labute approximate surface area is 90.6 Å². The Hall–Kier alpha value is -0.120. The van der Waals surface area contributed by atoms with E-state index in [2.05, 4.69) is 11.8 Å². The van der Waals surface area contributed by atoms with Crippen molar-refractivity contribution in [3.05, 3.63) is 0 Å². The van der Waals surface area contributed by atoms with Crippen LogP contribution in [-0.4, -0.2) is 18.5 Å². The lowest BCUT2D eigenvalue weighted by Crippen LogP contribution is -2.03. The highest BCUT2D eigenvalue weighted by Crippen LogP contribution is 2.04. The summed E-state index contributed by atoms with van der Waals surface area (Å²) in [6, 6.07) is 0. The number of halogens is 1. The summed E-state index contributed by atoms with van der Waals surface area (Å²) in [6.07, 6.45) is 7.22. The molecule has 0 atom stereocenters. The van der Waals surface area contributed by atoms with Gasteiger partial charge in [-0.3, -0.25) is 4.79 Å². The van der Waals surface area contributed by atoms with Gasteiger partial charge in [-0.05, 0) is 18.0 Å². The Kier molecular flexibility index (Phi) is 10.9. The molecule has 0 amide bonds. The monoisotopic (exact) mass is 222 g/mol. The second kappa shape index (κ2) is 11.0. The van der Waals surface area contributed by atoms with Gasteiger partial charge in [0.2, 0.25) is 0 Å². The molecule has 84 valence electrons.